The first-order valence-corrected chi connectivity index (χ1v) is 6.88. The zero-order chi connectivity index (χ0) is 16.4. The van der Waals surface area contributed by atoms with E-state index in [1.807, 2.05) is 0 Å². The quantitative estimate of drug-likeness (QED) is 0.590. The second kappa shape index (κ2) is 5.96. The van der Waals surface area contributed by atoms with Crippen molar-refractivity contribution in [2.75, 3.05) is 0 Å². The van der Waals surface area contributed by atoms with Crippen molar-refractivity contribution in [3.63, 3.8) is 0 Å². The normalized spacial score (nSPS) is 10.6. The smallest absolute Gasteiger partial charge is 0.269 e. The fourth-order valence-electron chi connectivity index (χ4n) is 2.07. The van der Waals surface area contributed by atoms with Crippen LogP contribution < -0.4 is 4.74 Å². The van der Waals surface area contributed by atoms with Crippen LogP contribution in [0.4, 0.5) is 4.39 Å². The molecule has 3 rings (SSSR count). The number of pyridine rings is 1. The Hall–Kier alpha value is -3.09. The molecular weight excluding hydrogens is 299 g/mol. The highest BCUT2D eigenvalue weighted by molar-refractivity contribution is 5.94. The number of hydrogen-bond acceptors (Lipinski definition) is 5. The first kappa shape index (κ1) is 14.8. The van der Waals surface area contributed by atoms with Crippen molar-refractivity contribution >= 4 is 5.78 Å². The van der Waals surface area contributed by atoms with Gasteiger partial charge in [0, 0.05) is 18.2 Å². The third-order valence-corrected chi connectivity index (χ3v) is 3.24. The Morgan fingerprint density at radius 1 is 1.17 bits per heavy atom. The number of rotatable bonds is 4. The second-order valence-electron chi connectivity index (χ2n) is 4.97. The van der Waals surface area contributed by atoms with E-state index in [4.69, 9.17) is 4.74 Å². The van der Waals surface area contributed by atoms with Crippen molar-refractivity contribution in [3.8, 4) is 22.8 Å². The molecule has 1 N–H and O–H groups in total. The highest BCUT2D eigenvalue weighted by Gasteiger charge is 2.14. The van der Waals surface area contributed by atoms with E-state index >= 15 is 0 Å². The number of hydrogen-bond donors (Lipinski definition) is 1. The number of aryl methyl sites for hydroxylation is 1. The summed E-state index contributed by atoms with van der Waals surface area (Å²) in [6.07, 6.45) is 0. The second-order valence-corrected chi connectivity index (χ2v) is 4.97. The number of ketones is 1. The molecule has 0 aliphatic carbocycles. The maximum atomic E-state index is 13.9. The van der Waals surface area contributed by atoms with E-state index in [2.05, 4.69) is 20.4 Å². The molecule has 7 heteroatoms. The molecule has 2 aromatic heterocycles. The van der Waals surface area contributed by atoms with Gasteiger partial charge in [0.05, 0.1) is 0 Å². The molecule has 0 unspecified atom stereocenters. The van der Waals surface area contributed by atoms with Crippen LogP contribution >= 0.6 is 0 Å². The molecule has 2 heterocycles. The molecule has 23 heavy (non-hydrogen) atoms. The monoisotopic (exact) mass is 312 g/mol. The van der Waals surface area contributed by atoms with Crippen molar-refractivity contribution in [1.82, 2.24) is 20.4 Å². The predicted molar refractivity (Wildman–Crippen MR) is 80.8 cm³/mol. The SMILES string of the molecule is CC(=O)c1[nH]nnc1Oc1ccc(-c2ccc(C)nc2F)cc1. The van der Waals surface area contributed by atoms with E-state index in [0.29, 0.717) is 22.6 Å². The van der Waals surface area contributed by atoms with Gasteiger partial charge in [-0.25, -0.2) is 4.98 Å². The van der Waals surface area contributed by atoms with Crippen LogP contribution in [0.25, 0.3) is 11.1 Å². The summed E-state index contributed by atoms with van der Waals surface area (Å²) in [6.45, 7) is 3.12. The highest BCUT2D eigenvalue weighted by Crippen LogP contribution is 2.27. The van der Waals surface area contributed by atoms with E-state index in [-0.39, 0.29) is 17.4 Å². The maximum absolute atomic E-state index is 13.9. The summed E-state index contributed by atoms with van der Waals surface area (Å²) in [5.41, 5.74) is 1.90. The zero-order valence-electron chi connectivity index (χ0n) is 12.5. The minimum Gasteiger partial charge on any atom is -0.436 e. The molecule has 0 saturated carbocycles. The molecule has 0 saturated heterocycles. The van der Waals surface area contributed by atoms with Crippen molar-refractivity contribution in [2.45, 2.75) is 13.8 Å². The number of benzene rings is 1. The Morgan fingerprint density at radius 2 is 1.91 bits per heavy atom. The van der Waals surface area contributed by atoms with E-state index in [9.17, 15) is 9.18 Å². The molecule has 6 nitrogen and oxygen atoms in total. The van der Waals surface area contributed by atoms with Gasteiger partial charge in [0.2, 0.25) is 5.95 Å². The number of aromatic amines is 1. The lowest BCUT2D eigenvalue weighted by molar-refractivity contribution is 0.101. The number of nitrogens with one attached hydrogen (secondary N) is 1. The fourth-order valence-corrected chi connectivity index (χ4v) is 2.07. The summed E-state index contributed by atoms with van der Waals surface area (Å²) in [7, 11) is 0. The maximum Gasteiger partial charge on any atom is 0.269 e. The molecule has 116 valence electrons. The van der Waals surface area contributed by atoms with Crippen LogP contribution in [0.2, 0.25) is 0 Å². The number of aromatic nitrogens is 4. The topological polar surface area (TPSA) is 80.8 Å². The standard InChI is InChI=1S/C16H13FN4O2/c1-9-3-8-13(15(17)18-9)11-4-6-12(7-5-11)23-16-14(10(2)22)19-21-20-16/h3-8H,1-2H3,(H,19,20,21). The first-order valence-electron chi connectivity index (χ1n) is 6.88. The summed E-state index contributed by atoms with van der Waals surface area (Å²) in [5, 5.41) is 9.75. The van der Waals surface area contributed by atoms with Crippen LogP contribution in [-0.4, -0.2) is 26.2 Å². The molecule has 0 fully saturated rings. The van der Waals surface area contributed by atoms with Crippen LogP contribution in [-0.2, 0) is 0 Å². The Bertz CT molecular complexity index is 859. The van der Waals surface area contributed by atoms with E-state index in [1.165, 1.54) is 6.92 Å². The zero-order valence-corrected chi connectivity index (χ0v) is 12.5. The number of ether oxygens (including phenoxy) is 1. The molecule has 3 aromatic rings. The van der Waals surface area contributed by atoms with Gasteiger partial charge in [-0.15, -0.1) is 0 Å². The fraction of sp³-hybridized carbons (Fsp3) is 0.125. The first-order chi connectivity index (χ1) is 11.0. The highest BCUT2D eigenvalue weighted by atomic mass is 19.1. The van der Waals surface area contributed by atoms with Crippen LogP contribution in [0.3, 0.4) is 0 Å². The Kier molecular flexibility index (Phi) is 3.84. The Balaban J connectivity index is 1.85. The average Bonchev–Trinajstić information content (AvgIpc) is 2.97. The number of nitrogens with zero attached hydrogens (tertiary/aromatic N) is 3. The lowest BCUT2D eigenvalue weighted by Crippen LogP contribution is -1.96. The van der Waals surface area contributed by atoms with Gasteiger partial charge in [-0.2, -0.15) is 4.39 Å². The molecule has 0 spiro atoms. The molecule has 0 aliphatic heterocycles. The van der Waals surface area contributed by atoms with Crippen molar-refractivity contribution < 1.29 is 13.9 Å². The molecule has 0 amide bonds. The largest absolute Gasteiger partial charge is 0.436 e. The molecular formula is C16H13FN4O2. The van der Waals surface area contributed by atoms with Crippen molar-refractivity contribution in [3.05, 3.63) is 53.7 Å². The van der Waals surface area contributed by atoms with Gasteiger partial charge in [0.25, 0.3) is 5.88 Å². The van der Waals surface area contributed by atoms with Crippen LogP contribution in [0.15, 0.2) is 36.4 Å². The number of Topliss-reactive ketones (excluding diaryl/α,β-unsaturated/α-hetero) is 1. The minimum absolute atomic E-state index is 0.105. The Labute approximate surface area is 131 Å². The average molecular weight is 312 g/mol. The summed E-state index contributed by atoms with van der Waals surface area (Å²) in [5.74, 6) is -0.178. The molecule has 1 aromatic carbocycles. The third kappa shape index (κ3) is 3.08. The number of halogens is 1. The van der Waals surface area contributed by atoms with E-state index < -0.39 is 5.95 Å². The van der Waals surface area contributed by atoms with Gasteiger partial charge in [-0.3, -0.25) is 9.89 Å². The number of H-pyrrole nitrogens is 1. The summed E-state index contributed by atoms with van der Waals surface area (Å²) in [4.78, 5) is 15.2. The van der Waals surface area contributed by atoms with Crippen molar-refractivity contribution in [1.29, 1.82) is 0 Å². The summed E-state index contributed by atoms with van der Waals surface area (Å²) < 4.78 is 19.4. The molecule has 0 radical (unpaired) electrons. The number of carbonyl (C=O) groups excluding carboxylic acids is 1. The van der Waals surface area contributed by atoms with Crippen LogP contribution in [0.1, 0.15) is 23.1 Å². The third-order valence-electron chi connectivity index (χ3n) is 3.24. The summed E-state index contributed by atoms with van der Waals surface area (Å²) in [6, 6.07) is 10.2. The molecule has 0 bridgehead atoms. The predicted octanol–water partition coefficient (Wildman–Crippen LogP) is 3.31. The summed E-state index contributed by atoms with van der Waals surface area (Å²) >= 11 is 0. The van der Waals surface area contributed by atoms with Gasteiger partial charge in [0.1, 0.15) is 5.75 Å². The lowest BCUT2D eigenvalue weighted by atomic mass is 10.1. The van der Waals surface area contributed by atoms with E-state index in [0.717, 1.165) is 0 Å². The van der Waals surface area contributed by atoms with E-state index in [1.54, 1.807) is 43.3 Å². The molecule has 0 aliphatic rings. The van der Waals surface area contributed by atoms with Gasteiger partial charge >= 0.3 is 0 Å². The van der Waals surface area contributed by atoms with Gasteiger partial charge in [-0.1, -0.05) is 22.4 Å². The Morgan fingerprint density at radius 3 is 2.57 bits per heavy atom. The molecule has 0 atom stereocenters. The van der Waals surface area contributed by atoms with Gasteiger partial charge in [-0.05, 0) is 36.8 Å². The minimum atomic E-state index is -0.519. The number of carbonyl (C=O) groups is 1. The van der Waals surface area contributed by atoms with Crippen molar-refractivity contribution in [2.24, 2.45) is 0 Å². The van der Waals surface area contributed by atoms with Crippen LogP contribution in [0, 0.1) is 12.9 Å². The van der Waals surface area contributed by atoms with Crippen LogP contribution in [0.5, 0.6) is 11.6 Å². The lowest BCUT2D eigenvalue weighted by Gasteiger charge is -2.06. The van der Waals surface area contributed by atoms with Gasteiger partial charge < -0.3 is 4.74 Å². The van der Waals surface area contributed by atoms with Gasteiger partial charge in [0.15, 0.2) is 11.5 Å².